The molecular weight excluding hydrogens is 761 g/mol. The summed E-state index contributed by atoms with van der Waals surface area (Å²) < 4.78 is 9.54. The van der Waals surface area contributed by atoms with Crippen LogP contribution >= 0.6 is 0 Å². The Balaban J connectivity index is 1.03. The van der Waals surface area contributed by atoms with E-state index in [1.807, 2.05) is 44.9 Å². The molecule has 0 radical (unpaired) electrons. The Morgan fingerprint density at radius 3 is 1.87 bits per heavy atom. The van der Waals surface area contributed by atoms with E-state index in [9.17, 15) is 19.2 Å². The first-order valence-electron chi connectivity index (χ1n) is 21.0. The average molecular weight is 817 g/mol. The number of benzene rings is 3. The molecule has 14 nitrogen and oxygen atoms in total. The maximum Gasteiger partial charge on any atom is 0.407 e. The number of rotatable bonds is 13. The molecule has 316 valence electrons. The van der Waals surface area contributed by atoms with Crippen molar-refractivity contribution < 1.29 is 28.7 Å². The van der Waals surface area contributed by atoms with E-state index >= 15 is 0 Å². The zero-order valence-electron chi connectivity index (χ0n) is 35.2. The third-order valence-corrected chi connectivity index (χ3v) is 12.0. The van der Waals surface area contributed by atoms with Crippen LogP contribution in [0, 0.1) is 17.8 Å². The largest absolute Gasteiger partial charge is 0.453 e. The molecule has 2 aromatic heterocycles. The fraction of sp³-hybridized carbons (Fsp3) is 0.435. The highest BCUT2D eigenvalue weighted by Crippen LogP contribution is 2.37. The van der Waals surface area contributed by atoms with E-state index in [-0.39, 0.29) is 41.7 Å². The van der Waals surface area contributed by atoms with E-state index in [0.717, 1.165) is 88.9 Å². The van der Waals surface area contributed by atoms with Crippen molar-refractivity contribution in [2.75, 3.05) is 20.8 Å². The minimum absolute atomic E-state index is 0.105. The Bertz CT molecular complexity index is 2290. The Hall–Kier alpha value is -6.18. The first-order chi connectivity index (χ1) is 28.9. The number of nitrogens with one attached hydrogen (secondary N) is 5. The van der Waals surface area contributed by atoms with Crippen molar-refractivity contribution in [1.29, 1.82) is 0 Å². The number of ether oxygens (including phenoxy) is 2. The lowest BCUT2D eigenvalue weighted by atomic mass is 9.96. The molecule has 1 aliphatic carbocycles. The summed E-state index contributed by atoms with van der Waals surface area (Å²) in [5, 5.41) is 8.61. The van der Waals surface area contributed by atoms with Crippen molar-refractivity contribution in [2.24, 2.45) is 17.8 Å². The standard InChI is InChI=1S/C46H56N8O6/c1-26(2)38(52-45(57)59-5)43(55)51-40(32-10-7-8-11-32)42-48-34-22-21-33(24-35(34)49-42)30-15-13-28(14-16-30)29-17-19-31(20-18-29)36-25-47-41(50-36)37-12-9-23-54(37)44(56)39(27(3)4)53-46(58)60-6/h13-22,24-27,32,37-40H,7-12,23H2,1-6H3,(H,47,50)(H,48,49)(H,51,55)(H,52,57)(H,53,58)/t37-,38-,39-,40-/m0/s1. The molecule has 0 spiro atoms. The fourth-order valence-electron chi connectivity index (χ4n) is 8.56. The van der Waals surface area contributed by atoms with Gasteiger partial charge in [-0.25, -0.2) is 19.6 Å². The predicted octanol–water partition coefficient (Wildman–Crippen LogP) is 8.06. The molecule has 1 saturated carbocycles. The number of aromatic nitrogens is 4. The maximum atomic E-state index is 13.6. The molecule has 3 heterocycles. The van der Waals surface area contributed by atoms with Gasteiger partial charge >= 0.3 is 12.2 Å². The number of alkyl carbamates (subject to hydrolysis) is 2. The molecule has 0 unspecified atom stereocenters. The van der Waals surface area contributed by atoms with Gasteiger partial charge in [0.15, 0.2) is 0 Å². The number of nitrogens with zero attached hydrogens (tertiary/aromatic N) is 3. The SMILES string of the molecule is COC(=O)N[C@H](C(=O)N[C@H](c1nc2ccc(-c3ccc(-c4ccc(-c5cnc([C@@H]6CCCN6C(=O)[C@@H](NC(=O)OC)C(C)C)[nH]5)cc4)cc3)cc2[nH]1)C1CCCC1)C(C)C. The number of amides is 4. The Kier molecular flexibility index (Phi) is 12.9. The number of likely N-dealkylation sites (tertiary alicyclic amines) is 1. The molecule has 4 amide bonds. The molecule has 14 heteroatoms. The number of carbonyl (C=O) groups is 4. The van der Waals surface area contributed by atoms with Gasteiger partial charge in [0.05, 0.1) is 49.2 Å². The fourth-order valence-corrected chi connectivity index (χ4v) is 8.56. The zero-order valence-corrected chi connectivity index (χ0v) is 35.2. The molecule has 5 aromatic rings. The molecule has 3 aromatic carbocycles. The van der Waals surface area contributed by atoms with Gasteiger partial charge < -0.3 is 40.3 Å². The normalized spacial score (nSPS) is 17.1. The van der Waals surface area contributed by atoms with Gasteiger partial charge in [-0.2, -0.15) is 0 Å². The Morgan fingerprint density at radius 1 is 0.700 bits per heavy atom. The van der Waals surface area contributed by atoms with Crippen LogP contribution in [0.3, 0.4) is 0 Å². The maximum absolute atomic E-state index is 13.6. The molecule has 1 saturated heterocycles. The third-order valence-electron chi connectivity index (χ3n) is 12.0. The van der Waals surface area contributed by atoms with Crippen LogP contribution in [-0.2, 0) is 19.1 Å². The van der Waals surface area contributed by atoms with E-state index < -0.39 is 24.3 Å². The van der Waals surface area contributed by atoms with Crippen LogP contribution in [0.2, 0.25) is 0 Å². The number of hydrogen-bond acceptors (Lipinski definition) is 8. The summed E-state index contributed by atoms with van der Waals surface area (Å²) in [5.74, 6) is 1.05. The van der Waals surface area contributed by atoms with E-state index in [2.05, 4.69) is 91.6 Å². The van der Waals surface area contributed by atoms with Crippen LogP contribution in [-0.4, -0.2) is 81.7 Å². The van der Waals surface area contributed by atoms with E-state index in [0.29, 0.717) is 12.4 Å². The van der Waals surface area contributed by atoms with E-state index in [1.165, 1.54) is 14.2 Å². The number of carbonyl (C=O) groups excluding carboxylic acids is 4. The predicted molar refractivity (Wildman–Crippen MR) is 229 cm³/mol. The number of fused-ring (bicyclic) bond motifs is 1. The van der Waals surface area contributed by atoms with Crippen molar-refractivity contribution in [1.82, 2.24) is 40.8 Å². The topological polar surface area (TPSA) is 183 Å². The molecule has 0 bridgehead atoms. The molecule has 1 aliphatic heterocycles. The van der Waals surface area contributed by atoms with Gasteiger partial charge in [0.1, 0.15) is 23.7 Å². The molecule has 7 rings (SSSR count). The lowest BCUT2D eigenvalue weighted by molar-refractivity contribution is -0.135. The highest BCUT2D eigenvalue weighted by Gasteiger charge is 2.38. The number of methoxy groups -OCH3 is 2. The quantitative estimate of drug-likeness (QED) is 0.0791. The molecule has 2 fully saturated rings. The first-order valence-corrected chi connectivity index (χ1v) is 21.0. The van der Waals surface area contributed by atoms with Gasteiger partial charge in [0.2, 0.25) is 11.8 Å². The summed E-state index contributed by atoms with van der Waals surface area (Å²) in [6.45, 7) is 8.19. The second kappa shape index (κ2) is 18.4. The minimum atomic E-state index is -0.737. The molecule has 5 N–H and O–H groups in total. The van der Waals surface area contributed by atoms with Gasteiger partial charge in [0, 0.05) is 6.54 Å². The van der Waals surface area contributed by atoms with Crippen LogP contribution < -0.4 is 16.0 Å². The van der Waals surface area contributed by atoms with Crippen molar-refractivity contribution >= 4 is 35.0 Å². The first kappa shape index (κ1) is 42.0. The van der Waals surface area contributed by atoms with Gasteiger partial charge in [-0.15, -0.1) is 0 Å². The van der Waals surface area contributed by atoms with Crippen molar-refractivity contribution in [3.05, 3.63) is 84.6 Å². The Labute approximate surface area is 350 Å². The highest BCUT2D eigenvalue weighted by atomic mass is 16.5. The number of hydrogen-bond donors (Lipinski definition) is 5. The number of aromatic amines is 2. The minimum Gasteiger partial charge on any atom is -0.453 e. The lowest BCUT2D eigenvalue weighted by Crippen LogP contribution is -2.51. The zero-order chi connectivity index (χ0) is 42.5. The monoisotopic (exact) mass is 816 g/mol. The highest BCUT2D eigenvalue weighted by molar-refractivity contribution is 5.87. The Morgan fingerprint density at radius 2 is 1.27 bits per heavy atom. The molecule has 2 aliphatic rings. The van der Waals surface area contributed by atoms with Crippen molar-refractivity contribution in [3.8, 4) is 33.5 Å². The van der Waals surface area contributed by atoms with E-state index in [4.69, 9.17) is 14.5 Å². The average Bonchev–Trinajstić information content (AvgIpc) is 4.10. The van der Waals surface area contributed by atoms with Crippen LogP contribution in [0.25, 0.3) is 44.5 Å². The number of H-pyrrole nitrogens is 2. The molecule has 60 heavy (non-hydrogen) atoms. The van der Waals surface area contributed by atoms with Gasteiger partial charge in [-0.3, -0.25) is 9.59 Å². The second-order valence-corrected chi connectivity index (χ2v) is 16.6. The second-order valence-electron chi connectivity index (χ2n) is 16.6. The van der Waals surface area contributed by atoms with Crippen LogP contribution in [0.5, 0.6) is 0 Å². The lowest BCUT2D eigenvalue weighted by Gasteiger charge is -2.30. The number of imidazole rings is 2. The van der Waals surface area contributed by atoms with Crippen LogP contribution in [0.15, 0.2) is 72.9 Å². The third kappa shape index (κ3) is 9.17. The van der Waals surface area contributed by atoms with Gasteiger partial charge in [0.25, 0.3) is 0 Å². The summed E-state index contributed by atoms with van der Waals surface area (Å²) in [4.78, 5) is 69.5. The smallest absolute Gasteiger partial charge is 0.407 e. The van der Waals surface area contributed by atoms with Gasteiger partial charge in [-0.1, -0.05) is 95.1 Å². The van der Waals surface area contributed by atoms with Crippen molar-refractivity contribution in [3.63, 3.8) is 0 Å². The summed E-state index contributed by atoms with van der Waals surface area (Å²) in [6.07, 6.45) is 6.37. The van der Waals surface area contributed by atoms with Crippen molar-refractivity contribution in [2.45, 2.75) is 90.4 Å². The molecular formula is C46H56N8O6. The van der Waals surface area contributed by atoms with E-state index in [1.54, 1.807) is 0 Å². The molecule has 4 atom stereocenters. The summed E-state index contributed by atoms with van der Waals surface area (Å²) in [6, 6.07) is 21.0. The van der Waals surface area contributed by atoms with Gasteiger partial charge in [-0.05, 0) is 83.4 Å². The van der Waals surface area contributed by atoms with Crippen LogP contribution in [0.4, 0.5) is 9.59 Å². The summed E-state index contributed by atoms with van der Waals surface area (Å²) in [5.41, 5.74) is 7.82. The van der Waals surface area contributed by atoms with Crippen LogP contribution in [0.1, 0.15) is 90.0 Å². The summed E-state index contributed by atoms with van der Waals surface area (Å²) in [7, 11) is 2.58. The summed E-state index contributed by atoms with van der Waals surface area (Å²) >= 11 is 0.